The number of rotatable bonds is 6. The Bertz CT molecular complexity index is 923. The number of halogens is 2. The van der Waals surface area contributed by atoms with E-state index in [0.717, 1.165) is 5.56 Å². The van der Waals surface area contributed by atoms with Gasteiger partial charge < -0.3 is 9.15 Å². The average molecular weight is 373 g/mol. The van der Waals surface area contributed by atoms with E-state index in [2.05, 4.69) is 10.5 Å². The van der Waals surface area contributed by atoms with E-state index in [1.807, 2.05) is 0 Å². The molecule has 26 heavy (non-hydrogen) atoms. The monoisotopic (exact) mass is 372 g/mol. The zero-order valence-corrected chi connectivity index (χ0v) is 14.2. The summed E-state index contributed by atoms with van der Waals surface area (Å²) in [5.74, 6) is 0.676. The molecule has 0 aliphatic rings. The molecule has 1 heterocycles. The number of nitrogens with zero attached hydrogens (tertiary/aromatic N) is 1. The van der Waals surface area contributed by atoms with Gasteiger partial charge in [0.1, 0.15) is 23.1 Å². The van der Waals surface area contributed by atoms with Crippen molar-refractivity contribution in [1.29, 1.82) is 0 Å². The third kappa shape index (κ3) is 4.70. The molecule has 0 bridgehead atoms. The first kappa shape index (κ1) is 17.7. The second kappa shape index (κ2) is 8.31. The van der Waals surface area contributed by atoms with Gasteiger partial charge in [0.2, 0.25) is 0 Å². The van der Waals surface area contributed by atoms with Gasteiger partial charge >= 0.3 is 0 Å². The van der Waals surface area contributed by atoms with E-state index in [4.69, 9.17) is 20.8 Å². The number of hydrogen-bond acceptors (Lipinski definition) is 4. The van der Waals surface area contributed by atoms with E-state index in [9.17, 15) is 9.18 Å². The van der Waals surface area contributed by atoms with Crippen molar-refractivity contribution in [2.24, 2.45) is 5.10 Å². The second-order valence-corrected chi connectivity index (χ2v) is 5.63. The molecule has 0 aliphatic carbocycles. The van der Waals surface area contributed by atoms with Gasteiger partial charge in [-0.05, 0) is 48.5 Å². The molecule has 0 saturated carbocycles. The predicted molar refractivity (Wildman–Crippen MR) is 96.8 cm³/mol. The molecule has 0 aliphatic heterocycles. The molecular weight excluding hydrogens is 359 g/mol. The van der Waals surface area contributed by atoms with Gasteiger partial charge in [-0.2, -0.15) is 5.10 Å². The lowest BCUT2D eigenvalue weighted by molar-refractivity contribution is -0.123. The molecule has 3 aromatic rings. The lowest BCUT2D eigenvalue weighted by Crippen LogP contribution is -2.24. The van der Waals surface area contributed by atoms with Crippen LogP contribution in [0, 0.1) is 5.82 Å². The topological polar surface area (TPSA) is 63.8 Å². The number of benzene rings is 2. The third-order valence-electron chi connectivity index (χ3n) is 3.33. The molecule has 7 heteroatoms. The fourth-order valence-corrected chi connectivity index (χ4v) is 2.29. The SMILES string of the molecule is O=C(COc1ccccc1Cl)N/N=C\c1ccc(-c2ccc(F)cc2)o1. The molecule has 5 nitrogen and oxygen atoms in total. The van der Waals surface area contributed by atoms with Crippen molar-refractivity contribution < 1.29 is 18.3 Å². The first-order chi connectivity index (χ1) is 12.6. The van der Waals surface area contributed by atoms with Crippen LogP contribution in [0.25, 0.3) is 11.3 Å². The quantitative estimate of drug-likeness (QED) is 0.519. The first-order valence-corrected chi connectivity index (χ1v) is 8.04. The number of para-hydroxylation sites is 1. The van der Waals surface area contributed by atoms with Crippen LogP contribution in [0.5, 0.6) is 5.75 Å². The Morgan fingerprint density at radius 3 is 2.69 bits per heavy atom. The maximum Gasteiger partial charge on any atom is 0.277 e. The molecule has 0 saturated heterocycles. The Morgan fingerprint density at radius 2 is 1.92 bits per heavy atom. The Kier molecular flexibility index (Phi) is 5.66. The maximum absolute atomic E-state index is 12.9. The van der Waals surface area contributed by atoms with Gasteiger partial charge in [0.15, 0.2) is 6.61 Å². The average Bonchev–Trinajstić information content (AvgIpc) is 3.10. The molecule has 1 aromatic heterocycles. The van der Waals surface area contributed by atoms with Crippen molar-refractivity contribution in [2.75, 3.05) is 6.61 Å². The van der Waals surface area contributed by atoms with Crippen molar-refractivity contribution in [3.05, 3.63) is 77.3 Å². The highest BCUT2D eigenvalue weighted by Gasteiger charge is 2.05. The Balaban J connectivity index is 1.51. The van der Waals surface area contributed by atoms with E-state index in [-0.39, 0.29) is 12.4 Å². The molecule has 3 rings (SSSR count). The minimum atomic E-state index is -0.438. The molecule has 1 amide bonds. The summed E-state index contributed by atoms with van der Waals surface area (Å²) in [7, 11) is 0. The first-order valence-electron chi connectivity index (χ1n) is 7.67. The highest BCUT2D eigenvalue weighted by atomic mass is 35.5. The van der Waals surface area contributed by atoms with Crippen LogP contribution in [0.1, 0.15) is 5.76 Å². The fraction of sp³-hybridized carbons (Fsp3) is 0.0526. The Morgan fingerprint density at radius 1 is 1.15 bits per heavy atom. The molecule has 0 atom stereocenters. The van der Waals surface area contributed by atoms with Gasteiger partial charge in [-0.25, -0.2) is 9.82 Å². The van der Waals surface area contributed by atoms with Crippen LogP contribution in [-0.2, 0) is 4.79 Å². The molecular formula is C19H14ClFN2O3. The molecule has 0 fully saturated rings. The lowest BCUT2D eigenvalue weighted by Gasteiger charge is -2.06. The summed E-state index contributed by atoms with van der Waals surface area (Å²) in [6.45, 7) is -0.222. The van der Waals surface area contributed by atoms with Gasteiger partial charge in [0.05, 0.1) is 11.2 Å². The van der Waals surface area contributed by atoms with Crippen molar-refractivity contribution in [3.8, 4) is 17.1 Å². The normalized spacial score (nSPS) is 10.8. The summed E-state index contributed by atoms with van der Waals surface area (Å²) in [5.41, 5.74) is 3.07. The summed E-state index contributed by atoms with van der Waals surface area (Å²) < 4.78 is 23.8. The lowest BCUT2D eigenvalue weighted by atomic mass is 10.2. The van der Waals surface area contributed by atoms with E-state index in [1.54, 1.807) is 48.5 Å². The summed E-state index contributed by atoms with van der Waals surface area (Å²) in [6, 6.07) is 16.2. The zero-order chi connectivity index (χ0) is 18.4. The highest BCUT2D eigenvalue weighted by molar-refractivity contribution is 6.32. The summed E-state index contributed by atoms with van der Waals surface area (Å²) in [4.78, 5) is 11.7. The van der Waals surface area contributed by atoms with Gasteiger partial charge in [0.25, 0.3) is 5.91 Å². The maximum atomic E-state index is 12.9. The van der Waals surface area contributed by atoms with Crippen LogP contribution in [0.15, 0.2) is 70.2 Å². The molecule has 2 aromatic carbocycles. The van der Waals surface area contributed by atoms with Crippen molar-refractivity contribution in [1.82, 2.24) is 5.43 Å². The fourth-order valence-electron chi connectivity index (χ4n) is 2.10. The van der Waals surface area contributed by atoms with E-state index >= 15 is 0 Å². The Labute approximate surface area is 154 Å². The molecule has 0 spiro atoms. The predicted octanol–water partition coefficient (Wildman–Crippen LogP) is 4.27. The van der Waals surface area contributed by atoms with E-state index < -0.39 is 5.91 Å². The molecule has 0 unspecified atom stereocenters. The number of hydrogen-bond donors (Lipinski definition) is 1. The second-order valence-electron chi connectivity index (χ2n) is 5.22. The van der Waals surface area contributed by atoms with E-state index in [1.165, 1.54) is 18.3 Å². The Hall–Kier alpha value is -3.12. The standard InChI is InChI=1S/C19H14ClFN2O3/c20-16-3-1-2-4-18(16)25-12-19(24)23-22-11-15-9-10-17(26-15)13-5-7-14(21)8-6-13/h1-11H,12H2,(H,23,24)/b22-11-. The van der Waals surface area contributed by atoms with Crippen molar-refractivity contribution in [2.45, 2.75) is 0 Å². The summed E-state index contributed by atoms with van der Waals surface area (Å²) in [6.07, 6.45) is 1.36. The minimum absolute atomic E-state index is 0.222. The van der Waals surface area contributed by atoms with Gasteiger partial charge in [-0.1, -0.05) is 23.7 Å². The third-order valence-corrected chi connectivity index (χ3v) is 3.64. The molecule has 132 valence electrons. The number of nitrogens with one attached hydrogen (secondary N) is 1. The largest absolute Gasteiger partial charge is 0.482 e. The van der Waals surface area contributed by atoms with Crippen molar-refractivity contribution in [3.63, 3.8) is 0 Å². The van der Waals surface area contributed by atoms with Crippen LogP contribution >= 0.6 is 11.6 Å². The summed E-state index contributed by atoms with van der Waals surface area (Å²) in [5, 5.41) is 4.23. The van der Waals surface area contributed by atoms with Crippen LogP contribution in [0.4, 0.5) is 4.39 Å². The summed E-state index contributed by atoms with van der Waals surface area (Å²) >= 11 is 5.93. The van der Waals surface area contributed by atoms with Gasteiger partial charge in [0, 0.05) is 5.56 Å². The number of carbonyl (C=O) groups excluding carboxylic acids is 1. The van der Waals surface area contributed by atoms with Crippen LogP contribution < -0.4 is 10.2 Å². The number of carbonyl (C=O) groups is 1. The molecule has 1 N–H and O–H groups in total. The van der Waals surface area contributed by atoms with E-state index in [0.29, 0.717) is 22.3 Å². The highest BCUT2D eigenvalue weighted by Crippen LogP contribution is 2.23. The van der Waals surface area contributed by atoms with Gasteiger partial charge in [-0.3, -0.25) is 4.79 Å². The molecule has 0 radical (unpaired) electrons. The smallest absolute Gasteiger partial charge is 0.277 e. The number of ether oxygens (including phenoxy) is 1. The number of amides is 1. The number of hydrazone groups is 1. The van der Waals surface area contributed by atoms with Crippen LogP contribution in [0.3, 0.4) is 0 Å². The van der Waals surface area contributed by atoms with Crippen LogP contribution in [-0.4, -0.2) is 18.7 Å². The minimum Gasteiger partial charge on any atom is -0.482 e. The van der Waals surface area contributed by atoms with Gasteiger partial charge in [-0.15, -0.1) is 0 Å². The van der Waals surface area contributed by atoms with Crippen molar-refractivity contribution >= 4 is 23.7 Å². The zero-order valence-electron chi connectivity index (χ0n) is 13.5. The van der Waals surface area contributed by atoms with Crippen LogP contribution in [0.2, 0.25) is 5.02 Å². The number of furan rings is 1.